The predicted molar refractivity (Wildman–Crippen MR) is 75.2 cm³/mol. The van der Waals surface area contributed by atoms with E-state index in [4.69, 9.17) is 0 Å². The molecule has 0 amide bonds. The highest BCUT2D eigenvalue weighted by Crippen LogP contribution is 2.47. The molecule has 2 fully saturated rings. The highest BCUT2D eigenvalue weighted by molar-refractivity contribution is 4.95. The van der Waals surface area contributed by atoms with Gasteiger partial charge >= 0.3 is 0 Å². The van der Waals surface area contributed by atoms with E-state index >= 15 is 0 Å². The van der Waals surface area contributed by atoms with Crippen LogP contribution in [0.25, 0.3) is 0 Å². The Morgan fingerprint density at radius 1 is 1.12 bits per heavy atom. The van der Waals surface area contributed by atoms with Crippen molar-refractivity contribution in [2.45, 2.75) is 84.1 Å². The molecule has 0 spiro atoms. The molecule has 17 heavy (non-hydrogen) atoms. The number of rotatable bonds is 7. The fourth-order valence-corrected chi connectivity index (χ4v) is 3.96. The molecule has 0 bridgehead atoms. The van der Waals surface area contributed by atoms with Crippen molar-refractivity contribution < 1.29 is 0 Å². The second-order valence-electron chi connectivity index (χ2n) is 6.46. The monoisotopic (exact) mass is 237 g/mol. The molecule has 1 atom stereocenters. The van der Waals surface area contributed by atoms with E-state index in [-0.39, 0.29) is 0 Å². The maximum absolute atomic E-state index is 3.90. The van der Waals surface area contributed by atoms with Crippen LogP contribution in [0.15, 0.2) is 0 Å². The van der Waals surface area contributed by atoms with E-state index in [2.05, 4.69) is 19.2 Å². The minimum Gasteiger partial charge on any atom is -0.313 e. The lowest BCUT2D eigenvalue weighted by molar-refractivity contribution is 0.136. The summed E-state index contributed by atoms with van der Waals surface area (Å²) in [4.78, 5) is 0. The van der Waals surface area contributed by atoms with Crippen LogP contribution in [0.3, 0.4) is 0 Å². The minimum atomic E-state index is 0.658. The van der Waals surface area contributed by atoms with Crippen LogP contribution < -0.4 is 5.32 Å². The van der Waals surface area contributed by atoms with Gasteiger partial charge in [0.2, 0.25) is 0 Å². The Balaban J connectivity index is 1.95. The molecule has 0 aromatic rings. The first-order valence-electron chi connectivity index (χ1n) is 8.04. The van der Waals surface area contributed by atoms with Crippen LogP contribution in [-0.4, -0.2) is 12.6 Å². The van der Waals surface area contributed by atoms with E-state index in [1.165, 1.54) is 70.8 Å². The van der Waals surface area contributed by atoms with E-state index in [0.717, 1.165) is 12.0 Å². The van der Waals surface area contributed by atoms with Gasteiger partial charge in [-0.15, -0.1) is 0 Å². The molecule has 100 valence electrons. The average molecular weight is 237 g/mol. The first kappa shape index (κ1) is 13.4. The number of hydrogen-bond donors (Lipinski definition) is 1. The molecule has 0 aromatic heterocycles. The van der Waals surface area contributed by atoms with Crippen molar-refractivity contribution in [1.82, 2.24) is 5.32 Å². The third-order valence-electron chi connectivity index (χ3n) is 5.48. The normalized spacial score (nSPS) is 25.8. The van der Waals surface area contributed by atoms with Gasteiger partial charge < -0.3 is 5.32 Å². The van der Waals surface area contributed by atoms with Crippen LogP contribution in [-0.2, 0) is 0 Å². The molecule has 0 heterocycles. The maximum atomic E-state index is 3.90. The topological polar surface area (TPSA) is 12.0 Å². The Morgan fingerprint density at radius 2 is 1.82 bits per heavy atom. The molecule has 1 nitrogen and oxygen atoms in total. The van der Waals surface area contributed by atoms with Gasteiger partial charge in [0.05, 0.1) is 0 Å². The Labute approximate surface area is 108 Å². The van der Waals surface area contributed by atoms with E-state index in [9.17, 15) is 0 Å². The lowest BCUT2D eigenvalue weighted by Gasteiger charge is -2.41. The quantitative estimate of drug-likeness (QED) is 0.686. The molecule has 1 N–H and O–H groups in total. The summed E-state index contributed by atoms with van der Waals surface area (Å²) in [5.74, 6) is 1.05. The van der Waals surface area contributed by atoms with Crippen molar-refractivity contribution in [3.8, 4) is 0 Å². The first-order valence-corrected chi connectivity index (χ1v) is 8.04. The Hall–Kier alpha value is -0.0400. The summed E-state index contributed by atoms with van der Waals surface area (Å²) >= 11 is 0. The summed E-state index contributed by atoms with van der Waals surface area (Å²) in [6, 6.07) is 0.820. The van der Waals surface area contributed by atoms with Gasteiger partial charge in [-0.25, -0.2) is 0 Å². The van der Waals surface area contributed by atoms with Gasteiger partial charge in [-0.2, -0.15) is 0 Å². The van der Waals surface area contributed by atoms with Crippen molar-refractivity contribution >= 4 is 0 Å². The Kier molecular flexibility index (Phi) is 4.90. The molecule has 2 aliphatic rings. The molecule has 2 aliphatic carbocycles. The van der Waals surface area contributed by atoms with E-state index in [1.54, 1.807) is 0 Å². The molecule has 1 unspecified atom stereocenters. The molecular formula is C16H31N. The third kappa shape index (κ3) is 3.05. The average Bonchev–Trinajstić information content (AvgIpc) is 2.76. The van der Waals surface area contributed by atoms with E-state index in [1.807, 2.05) is 0 Å². The van der Waals surface area contributed by atoms with Crippen LogP contribution in [0.5, 0.6) is 0 Å². The van der Waals surface area contributed by atoms with Crippen molar-refractivity contribution in [3.05, 3.63) is 0 Å². The molecule has 0 saturated heterocycles. The zero-order chi connectivity index (χ0) is 12.1. The van der Waals surface area contributed by atoms with Crippen LogP contribution >= 0.6 is 0 Å². The molecule has 2 rings (SSSR count). The van der Waals surface area contributed by atoms with Gasteiger partial charge in [-0.05, 0) is 50.0 Å². The number of nitrogens with one attached hydrogen (secondary N) is 1. The second kappa shape index (κ2) is 6.22. The zero-order valence-corrected chi connectivity index (χ0v) is 11.9. The summed E-state index contributed by atoms with van der Waals surface area (Å²) < 4.78 is 0. The summed E-state index contributed by atoms with van der Waals surface area (Å²) in [5.41, 5.74) is 0.658. The van der Waals surface area contributed by atoms with Gasteiger partial charge in [0.1, 0.15) is 0 Å². The van der Waals surface area contributed by atoms with Crippen molar-refractivity contribution in [2.75, 3.05) is 6.54 Å². The fourth-order valence-electron chi connectivity index (χ4n) is 3.96. The number of hydrogen-bond acceptors (Lipinski definition) is 1. The first-order chi connectivity index (χ1) is 8.30. The largest absolute Gasteiger partial charge is 0.313 e. The lowest BCUT2D eigenvalue weighted by atomic mass is 9.69. The van der Waals surface area contributed by atoms with Crippen LogP contribution in [0.4, 0.5) is 0 Å². The zero-order valence-electron chi connectivity index (χ0n) is 11.9. The van der Waals surface area contributed by atoms with Crippen LogP contribution in [0, 0.1) is 11.3 Å². The Bertz CT molecular complexity index is 214. The molecule has 0 radical (unpaired) electrons. The second-order valence-corrected chi connectivity index (χ2v) is 6.46. The lowest BCUT2D eigenvalue weighted by Crippen LogP contribution is -2.45. The summed E-state index contributed by atoms with van der Waals surface area (Å²) in [7, 11) is 0. The van der Waals surface area contributed by atoms with Crippen LogP contribution in [0.1, 0.15) is 78.1 Å². The molecular weight excluding hydrogens is 206 g/mol. The van der Waals surface area contributed by atoms with Gasteiger partial charge in [0.25, 0.3) is 0 Å². The highest BCUT2D eigenvalue weighted by Gasteiger charge is 2.40. The van der Waals surface area contributed by atoms with Crippen molar-refractivity contribution in [1.29, 1.82) is 0 Å². The molecule has 2 saturated carbocycles. The fraction of sp³-hybridized carbons (Fsp3) is 1.00. The maximum Gasteiger partial charge on any atom is 0.0126 e. The highest BCUT2D eigenvalue weighted by atomic mass is 14.9. The van der Waals surface area contributed by atoms with Crippen molar-refractivity contribution in [2.24, 2.45) is 11.3 Å². The van der Waals surface area contributed by atoms with Gasteiger partial charge in [-0.1, -0.05) is 46.0 Å². The third-order valence-corrected chi connectivity index (χ3v) is 5.48. The standard InChI is InChI=1S/C16H31N/c1-3-12-17-15(13-14-8-7-9-14)16(4-2)10-5-6-11-16/h14-15,17H,3-13H2,1-2H3. The van der Waals surface area contributed by atoms with Crippen LogP contribution in [0.2, 0.25) is 0 Å². The summed E-state index contributed by atoms with van der Waals surface area (Å²) in [5, 5.41) is 3.90. The molecule has 0 aromatic carbocycles. The summed E-state index contributed by atoms with van der Waals surface area (Å²) in [6.45, 7) is 5.94. The van der Waals surface area contributed by atoms with Gasteiger partial charge in [0, 0.05) is 6.04 Å². The van der Waals surface area contributed by atoms with Gasteiger partial charge in [-0.3, -0.25) is 0 Å². The predicted octanol–water partition coefficient (Wildman–Crippen LogP) is 4.52. The van der Waals surface area contributed by atoms with E-state index < -0.39 is 0 Å². The van der Waals surface area contributed by atoms with Crippen molar-refractivity contribution in [3.63, 3.8) is 0 Å². The smallest absolute Gasteiger partial charge is 0.0126 e. The molecule has 0 aliphatic heterocycles. The Morgan fingerprint density at radius 3 is 2.29 bits per heavy atom. The SMILES string of the molecule is CCCNC(CC1CCC1)C1(CC)CCCC1. The van der Waals surface area contributed by atoms with E-state index in [0.29, 0.717) is 5.41 Å². The molecule has 1 heteroatoms. The minimum absolute atomic E-state index is 0.658. The van der Waals surface area contributed by atoms with Gasteiger partial charge in [0.15, 0.2) is 0 Å². The summed E-state index contributed by atoms with van der Waals surface area (Å²) in [6.07, 6.45) is 14.6.